The van der Waals surface area contributed by atoms with E-state index in [-0.39, 0.29) is 0 Å². The van der Waals surface area contributed by atoms with E-state index in [4.69, 9.17) is 9.47 Å². The Morgan fingerprint density at radius 1 is 1.37 bits per heavy atom. The van der Waals surface area contributed by atoms with Crippen LogP contribution in [0.5, 0.6) is 0 Å². The summed E-state index contributed by atoms with van der Waals surface area (Å²) in [4.78, 5) is 12.7. The molecular formula is C13H18N2O3S. The molecule has 1 aliphatic rings. The van der Waals surface area contributed by atoms with Gasteiger partial charge in [-0.15, -0.1) is 4.36 Å². The predicted molar refractivity (Wildman–Crippen MR) is 73.9 cm³/mol. The van der Waals surface area contributed by atoms with Gasteiger partial charge < -0.3 is 9.47 Å². The van der Waals surface area contributed by atoms with Gasteiger partial charge >= 0.3 is 6.09 Å². The minimum absolute atomic E-state index is 0.345. The van der Waals surface area contributed by atoms with Crippen LogP contribution in [-0.2, 0) is 20.4 Å². The fourth-order valence-corrected chi connectivity index (χ4v) is 3.35. The Bertz CT molecular complexity index is 444. The van der Waals surface area contributed by atoms with Gasteiger partial charge in [0.05, 0.1) is 19.8 Å². The summed E-state index contributed by atoms with van der Waals surface area (Å²) in [5.74, 6) is 0. The fourth-order valence-electron chi connectivity index (χ4n) is 1.74. The van der Waals surface area contributed by atoms with Crippen molar-refractivity contribution in [1.82, 2.24) is 4.31 Å². The second kappa shape index (κ2) is 7.37. The number of amides is 1. The Hall–Kier alpha value is -1.24. The van der Waals surface area contributed by atoms with E-state index in [9.17, 15) is 4.79 Å². The molecule has 5 nitrogen and oxygen atoms in total. The molecule has 0 radical (unpaired) electrons. The van der Waals surface area contributed by atoms with E-state index in [1.807, 2.05) is 30.3 Å². The first kappa shape index (κ1) is 14.2. The average molecular weight is 282 g/mol. The Morgan fingerprint density at radius 3 is 2.68 bits per heavy atom. The lowest BCUT2D eigenvalue weighted by atomic mass is 10.4. The van der Waals surface area contributed by atoms with Gasteiger partial charge in [-0.2, -0.15) is 0 Å². The van der Waals surface area contributed by atoms with Crippen LogP contribution < -0.4 is 0 Å². The van der Waals surface area contributed by atoms with Gasteiger partial charge in [0.2, 0.25) is 0 Å². The molecule has 1 atom stereocenters. The maximum atomic E-state index is 11.6. The fraction of sp³-hybridized carbons (Fsp3) is 0.462. The number of carbonyl (C=O) groups excluding carboxylic acids is 1. The highest BCUT2D eigenvalue weighted by molar-refractivity contribution is 7.85. The molecular weight excluding hydrogens is 264 g/mol. The molecule has 0 unspecified atom stereocenters. The monoisotopic (exact) mass is 282 g/mol. The quantitative estimate of drug-likeness (QED) is 0.853. The Labute approximate surface area is 115 Å². The summed E-state index contributed by atoms with van der Waals surface area (Å²) in [6.45, 7) is 5.03. The summed E-state index contributed by atoms with van der Waals surface area (Å²) < 4.78 is 16.6. The van der Waals surface area contributed by atoms with Gasteiger partial charge in [0, 0.05) is 28.9 Å². The molecule has 1 aromatic carbocycles. The van der Waals surface area contributed by atoms with E-state index in [0.29, 0.717) is 19.8 Å². The second-order valence-corrected chi connectivity index (χ2v) is 5.61. The number of rotatable bonds is 3. The van der Waals surface area contributed by atoms with Gasteiger partial charge in [-0.25, -0.2) is 9.10 Å². The Kier molecular flexibility index (Phi) is 5.50. The second-order valence-electron chi connectivity index (χ2n) is 3.91. The highest BCUT2D eigenvalue weighted by atomic mass is 32.2. The zero-order valence-corrected chi connectivity index (χ0v) is 11.8. The van der Waals surface area contributed by atoms with Gasteiger partial charge in [0.15, 0.2) is 0 Å². The number of morpholine rings is 1. The summed E-state index contributed by atoms with van der Waals surface area (Å²) in [5, 5.41) is 0. The number of benzene rings is 1. The number of hydrogen-bond donors (Lipinski definition) is 0. The molecule has 0 spiro atoms. The van der Waals surface area contributed by atoms with Crippen molar-refractivity contribution >= 4 is 17.0 Å². The SMILES string of the molecule is CCOC(=O)N=[S@](c1ccccc1)N1CCOCC1. The van der Waals surface area contributed by atoms with Crippen LogP contribution in [0.2, 0.25) is 0 Å². The Balaban J connectivity index is 2.24. The first-order valence-electron chi connectivity index (χ1n) is 6.32. The van der Waals surface area contributed by atoms with Crippen LogP contribution in [0.15, 0.2) is 39.6 Å². The van der Waals surface area contributed by atoms with E-state index in [1.165, 1.54) is 0 Å². The van der Waals surface area contributed by atoms with Crippen molar-refractivity contribution in [3.8, 4) is 0 Å². The standard InChI is InChI=1S/C13H18N2O3S/c1-2-18-13(16)14-19(12-6-4-3-5-7-12)15-8-10-17-11-9-15/h3-7H,2,8-11H2,1H3/t19-/m0/s1. The minimum Gasteiger partial charge on any atom is -0.448 e. The van der Waals surface area contributed by atoms with Crippen LogP contribution in [0.25, 0.3) is 0 Å². The molecule has 0 N–H and O–H groups in total. The van der Waals surface area contributed by atoms with Crippen molar-refractivity contribution in [1.29, 1.82) is 0 Å². The largest absolute Gasteiger partial charge is 0.448 e. The van der Waals surface area contributed by atoms with Gasteiger partial charge in [0.1, 0.15) is 0 Å². The number of carbonyl (C=O) groups is 1. The maximum Gasteiger partial charge on any atom is 0.441 e. The Morgan fingerprint density at radius 2 is 2.05 bits per heavy atom. The van der Waals surface area contributed by atoms with Crippen molar-refractivity contribution in [3.05, 3.63) is 30.3 Å². The van der Waals surface area contributed by atoms with Crippen LogP contribution in [0, 0.1) is 0 Å². The summed E-state index contributed by atoms with van der Waals surface area (Å²) in [6, 6.07) is 9.84. The van der Waals surface area contributed by atoms with E-state index in [2.05, 4.69) is 8.67 Å². The molecule has 6 heteroatoms. The lowest BCUT2D eigenvalue weighted by Crippen LogP contribution is -2.37. The number of hydrogen-bond acceptors (Lipinski definition) is 3. The van der Waals surface area contributed by atoms with E-state index in [0.717, 1.165) is 18.0 Å². The van der Waals surface area contributed by atoms with Crippen molar-refractivity contribution in [2.45, 2.75) is 11.8 Å². The molecule has 1 saturated heterocycles. The third-order valence-electron chi connectivity index (χ3n) is 2.60. The zero-order valence-electron chi connectivity index (χ0n) is 10.9. The number of ether oxygens (including phenoxy) is 2. The normalized spacial score (nSPS) is 18.2. The molecule has 104 valence electrons. The minimum atomic E-state index is -0.602. The average Bonchev–Trinajstić information content (AvgIpc) is 2.47. The third-order valence-corrected chi connectivity index (χ3v) is 4.47. The first-order chi connectivity index (χ1) is 9.31. The number of nitrogens with zero attached hydrogens (tertiary/aromatic N) is 2. The van der Waals surface area contributed by atoms with Crippen molar-refractivity contribution in [3.63, 3.8) is 0 Å². The van der Waals surface area contributed by atoms with Crippen LogP contribution >= 0.6 is 0 Å². The molecule has 0 bridgehead atoms. The van der Waals surface area contributed by atoms with Crippen LogP contribution in [0.3, 0.4) is 0 Å². The van der Waals surface area contributed by atoms with E-state index >= 15 is 0 Å². The van der Waals surface area contributed by atoms with Gasteiger partial charge in [-0.3, -0.25) is 0 Å². The summed E-state index contributed by atoms with van der Waals surface area (Å²) in [5.41, 5.74) is 0. The van der Waals surface area contributed by atoms with Crippen molar-refractivity contribution in [2.75, 3.05) is 32.9 Å². The van der Waals surface area contributed by atoms with E-state index in [1.54, 1.807) is 6.92 Å². The highest BCUT2D eigenvalue weighted by Crippen LogP contribution is 2.15. The van der Waals surface area contributed by atoms with Crippen molar-refractivity contribution in [2.24, 2.45) is 4.36 Å². The van der Waals surface area contributed by atoms with Gasteiger partial charge in [-0.05, 0) is 19.1 Å². The topological polar surface area (TPSA) is 51.1 Å². The molecule has 19 heavy (non-hydrogen) atoms. The van der Waals surface area contributed by atoms with Crippen molar-refractivity contribution < 1.29 is 14.3 Å². The van der Waals surface area contributed by atoms with Gasteiger partial charge in [0.25, 0.3) is 0 Å². The molecule has 0 aliphatic carbocycles. The summed E-state index contributed by atoms with van der Waals surface area (Å²) >= 11 is 0. The molecule has 0 aromatic heterocycles. The van der Waals surface area contributed by atoms with Crippen LogP contribution in [0.1, 0.15) is 6.92 Å². The molecule has 1 amide bonds. The molecule has 1 heterocycles. The maximum absolute atomic E-state index is 11.6. The van der Waals surface area contributed by atoms with E-state index < -0.39 is 17.0 Å². The molecule has 0 saturated carbocycles. The first-order valence-corrected chi connectivity index (χ1v) is 7.46. The molecule has 1 aromatic rings. The third kappa shape index (κ3) is 4.12. The van der Waals surface area contributed by atoms with Crippen LogP contribution in [-0.4, -0.2) is 43.3 Å². The van der Waals surface area contributed by atoms with Gasteiger partial charge in [-0.1, -0.05) is 18.2 Å². The van der Waals surface area contributed by atoms with Crippen LogP contribution in [0.4, 0.5) is 4.79 Å². The smallest absolute Gasteiger partial charge is 0.441 e. The molecule has 1 aliphatic heterocycles. The molecule has 1 fully saturated rings. The summed E-state index contributed by atoms with van der Waals surface area (Å²) in [7, 11) is -0.602. The molecule has 2 rings (SSSR count). The summed E-state index contributed by atoms with van der Waals surface area (Å²) in [6.07, 6.45) is -0.499. The highest BCUT2D eigenvalue weighted by Gasteiger charge is 2.18. The lowest BCUT2D eigenvalue weighted by molar-refractivity contribution is 0.0762. The zero-order chi connectivity index (χ0) is 13.5. The predicted octanol–water partition coefficient (Wildman–Crippen LogP) is 2.25. The lowest BCUT2D eigenvalue weighted by Gasteiger charge is -2.28.